The van der Waals surface area contributed by atoms with Crippen LogP contribution in [0.5, 0.6) is 0 Å². The highest BCUT2D eigenvalue weighted by Gasteiger charge is 2.04. The second kappa shape index (κ2) is 7.20. The molecule has 0 amide bonds. The van der Waals surface area contributed by atoms with Crippen LogP contribution in [0, 0.1) is 0 Å². The third kappa shape index (κ3) is 3.87. The molecule has 0 aliphatic carbocycles. The molecular formula is C18H26. The van der Waals surface area contributed by atoms with Crippen molar-refractivity contribution in [1.29, 1.82) is 0 Å². The van der Waals surface area contributed by atoms with E-state index in [2.05, 4.69) is 58.5 Å². The lowest BCUT2D eigenvalue weighted by Crippen LogP contribution is -1.90. The van der Waals surface area contributed by atoms with Gasteiger partial charge in [-0.1, -0.05) is 68.7 Å². The van der Waals surface area contributed by atoms with Gasteiger partial charge >= 0.3 is 0 Å². The summed E-state index contributed by atoms with van der Waals surface area (Å²) in [6.45, 7) is 12.8. The minimum absolute atomic E-state index is 1.13. The molecule has 0 radical (unpaired) electrons. The Kier molecular flexibility index (Phi) is 5.91. The molecule has 0 aromatic heterocycles. The Morgan fingerprint density at radius 1 is 0.889 bits per heavy atom. The highest BCUT2D eigenvalue weighted by Crippen LogP contribution is 2.26. The minimum atomic E-state index is 1.13. The molecule has 1 aromatic carbocycles. The third-order valence-corrected chi connectivity index (χ3v) is 3.44. The van der Waals surface area contributed by atoms with Gasteiger partial charge in [0.05, 0.1) is 0 Å². The molecule has 0 saturated heterocycles. The van der Waals surface area contributed by atoms with Crippen molar-refractivity contribution in [3.8, 4) is 0 Å². The van der Waals surface area contributed by atoms with Gasteiger partial charge in [-0.2, -0.15) is 0 Å². The summed E-state index contributed by atoms with van der Waals surface area (Å²) in [6.07, 6.45) is 4.91. The number of rotatable bonds is 6. The van der Waals surface area contributed by atoms with Gasteiger partial charge in [0.15, 0.2) is 0 Å². The maximum atomic E-state index is 3.98. The zero-order valence-corrected chi connectivity index (χ0v) is 12.3. The van der Waals surface area contributed by atoms with Crippen molar-refractivity contribution in [2.45, 2.75) is 53.4 Å². The van der Waals surface area contributed by atoms with E-state index in [1.54, 1.807) is 5.57 Å². The summed E-state index contributed by atoms with van der Waals surface area (Å²) >= 11 is 0. The normalized spacial score (nSPS) is 10.2. The van der Waals surface area contributed by atoms with Crippen molar-refractivity contribution in [3.05, 3.63) is 47.5 Å². The molecule has 0 aliphatic rings. The first kappa shape index (κ1) is 14.8. The van der Waals surface area contributed by atoms with Crippen molar-refractivity contribution in [2.24, 2.45) is 0 Å². The van der Waals surface area contributed by atoms with Crippen molar-refractivity contribution in [3.63, 3.8) is 0 Å². The van der Waals surface area contributed by atoms with Gasteiger partial charge in [-0.15, -0.1) is 0 Å². The van der Waals surface area contributed by atoms with Gasteiger partial charge in [-0.25, -0.2) is 0 Å². The van der Waals surface area contributed by atoms with Crippen molar-refractivity contribution in [2.75, 3.05) is 0 Å². The molecule has 0 atom stereocenters. The molecule has 0 heterocycles. The Morgan fingerprint density at radius 3 is 1.72 bits per heavy atom. The minimum Gasteiger partial charge on any atom is -0.0955 e. The average molecular weight is 242 g/mol. The summed E-state index contributed by atoms with van der Waals surface area (Å²) in [5.41, 5.74) is 6.80. The second-order valence-electron chi connectivity index (χ2n) is 5.09. The van der Waals surface area contributed by atoms with Gasteiger partial charge in [0.25, 0.3) is 0 Å². The number of hydrogen-bond donors (Lipinski definition) is 0. The monoisotopic (exact) mass is 242 g/mol. The molecule has 0 N–H and O–H groups in total. The van der Waals surface area contributed by atoms with Gasteiger partial charge in [0.2, 0.25) is 0 Å². The fourth-order valence-electron chi connectivity index (χ4n) is 2.31. The Labute approximate surface area is 112 Å². The van der Waals surface area contributed by atoms with Crippen LogP contribution in [0.1, 0.15) is 64.5 Å². The molecule has 0 aliphatic heterocycles. The summed E-state index contributed by atoms with van der Waals surface area (Å²) in [7, 11) is 0. The van der Waals surface area contributed by atoms with Crippen LogP contribution >= 0.6 is 0 Å². The smallest absolute Gasteiger partial charge is 0.0227 e. The Hall–Kier alpha value is -1.30. The van der Waals surface area contributed by atoms with E-state index in [0.29, 0.717) is 0 Å². The summed E-state index contributed by atoms with van der Waals surface area (Å²) in [5, 5.41) is 0. The van der Waals surface area contributed by atoms with Crippen LogP contribution < -0.4 is 0 Å². The zero-order chi connectivity index (χ0) is 13.5. The molecule has 0 spiro atoms. The fourth-order valence-corrected chi connectivity index (χ4v) is 2.31. The highest BCUT2D eigenvalue weighted by molar-refractivity contribution is 5.70. The molecule has 0 fully saturated rings. The molecule has 0 bridgehead atoms. The molecule has 18 heavy (non-hydrogen) atoms. The Morgan fingerprint density at radius 2 is 1.33 bits per heavy atom. The summed E-state index contributed by atoms with van der Waals surface area (Å²) in [5.74, 6) is 0. The largest absolute Gasteiger partial charge is 0.0955 e. The maximum Gasteiger partial charge on any atom is -0.0227 e. The lowest BCUT2D eigenvalue weighted by molar-refractivity contribution is 0.805. The van der Waals surface area contributed by atoms with E-state index in [9.17, 15) is 0 Å². The predicted molar refractivity (Wildman–Crippen MR) is 83.6 cm³/mol. The lowest BCUT2D eigenvalue weighted by Gasteiger charge is -2.12. The highest BCUT2D eigenvalue weighted by atomic mass is 14.1. The molecular weight excluding hydrogens is 216 g/mol. The van der Waals surface area contributed by atoms with Crippen LogP contribution in [-0.4, -0.2) is 0 Å². The van der Waals surface area contributed by atoms with Gasteiger partial charge in [0, 0.05) is 0 Å². The first-order valence-corrected chi connectivity index (χ1v) is 7.05. The first-order chi connectivity index (χ1) is 8.60. The van der Waals surface area contributed by atoms with Crippen LogP contribution in [0.4, 0.5) is 0 Å². The van der Waals surface area contributed by atoms with Crippen LogP contribution in [0.3, 0.4) is 0 Å². The Bertz CT molecular complexity index is 410. The zero-order valence-electron chi connectivity index (χ0n) is 12.3. The molecule has 98 valence electrons. The van der Waals surface area contributed by atoms with E-state index < -0.39 is 0 Å². The van der Waals surface area contributed by atoms with Crippen molar-refractivity contribution < 1.29 is 0 Å². The van der Waals surface area contributed by atoms with E-state index in [1.165, 1.54) is 42.4 Å². The van der Waals surface area contributed by atoms with E-state index in [-0.39, 0.29) is 0 Å². The Balaban J connectivity index is 3.02. The molecule has 0 saturated carbocycles. The number of benzene rings is 1. The number of allylic oxidation sites excluding steroid dienone is 3. The summed E-state index contributed by atoms with van der Waals surface area (Å²) in [6, 6.07) is 8.81. The van der Waals surface area contributed by atoms with Crippen molar-refractivity contribution >= 4 is 11.1 Å². The van der Waals surface area contributed by atoms with Gasteiger partial charge in [-0.3, -0.25) is 0 Å². The molecule has 0 nitrogen and oxygen atoms in total. The average Bonchev–Trinajstić information content (AvgIpc) is 2.38. The van der Waals surface area contributed by atoms with E-state index in [1.807, 2.05) is 0 Å². The fraction of sp³-hybridized carbons (Fsp3) is 0.444. The van der Waals surface area contributed by atoms with Gasteiger partial charge < -0.3 is 0 Å². The molecule has 1 aromatic rings. The molecule has 1 rings (SSSR count). The maximum absolute atomic E-state index is 3.98. The van der Waals surface area contributed by atoms with Crippen LogP contribution in [0.15, 0.2) is 36.4 Å². The van der Waals surface area contributed by atoms with E-state index in [0.717, 1.165) is 5.57 Å². The van der Waals surface area contributed by atoms with Crippen molar-refractivity contribution in [1.82, 2.24) is 0 Å². The summed E-state index contributed by atoms with van der Waals surface area (Å²) < 4.78 is 0. The predicted octanol–water partition coefficient (Wildman–Crippen LogP) is 6.09. The third-order valence-electron chi connectivity index (χ3n) is 3.44. The standard InChI is InChI=1S/C18H26/c1-6-8-17(9-7-2)15(5)18-12-10-16(11-13-18)14(3)4/h10-13H,3,6-9H2,1-2,4-5H3. The second-order valence-corrected chi connectivity index (χ2v) is 5.09. The van der Waals surface area contributed by atoms with Crippen LogP contribution in [-0.2, 0) is 0 Å². The first-order valence-electron chi connectivity index (χ1n) is 7.05. The van der Waals surface area contributed by atoms with Gasteiger partial charge in [-0.05, 0) is 43.4 Å². The van der Waals surface area contributed by atoms with E-state index >= 15 is 0 Å². The quantitative estimate of drug-likeness (QED) is 0.566. The molecule has 0 unspecified atom stereocenters. The number of hydrogen-bond acceptors (Lipinski definition) is 0. The lowest BCUT2D eigenvalue weighted by atomic mass is 9.94. The van der Waals surface area contributed by atoms with E-state index in [4.69, 9.17) is 0 Å². The van der Waals surface area contributed by atoms with Gasteiger partial charge in [0.1, 0.15) is 0 Å². The SMILES string of the molecule is C=C(C)c1ccc(C(C)=C(CCC)CCC)cc1. The topological polar surface area (TPSA) is 0 Å². The summed E-state index contributed by atoms with van der Waals surface area (Å²) in [4.78, 5) is 0. The molecule has 0 heteroatoms. The van der Waals surface area contributed by atoms with Crippen LogP contribution in [0.2, 0.25) is 0 Å². The van der Waals surface area contributed by atoms with Crippen LogP contribution in [0.25, 0.3) is 11.1 Å².